The van der Waals surface area contributed by atoms with Gasteiger partial charge in [-0.25, -0.2) is 4.79 Å². The first-order valence-electron chi connectivity index (χ1n) is 12.6. The Hall–Kier alpha value is -3.47. The van der Waals surface area contributed by atoms with Gasteiger partial charge in [-0.2, -0.15) is 0 Å². The van der Waals surface area contributed by atoms with E-state index in [9.17, 15) is 24.0 Å². The number of unbranched alkanes of at least 4 members (excludes halogenated alkanes) is 1. The second-order valence-corrected chi connectivity index (χ2v) is 9.25. The van der Waals surface area contributed by atoms with E-state index in [1.807, 2.05) is 0 Å². The summed E-state index contributed by atoms with van der Waals surface area (Å²) < 4.78 is 5.28. The van der Waals surface area contributed by atoms with Gasteiger partial charge in [-0.15, -0.1) is 0 Å². The van der Waals surface area contributed by atoms with E-state index < -0.39 is 29.7 Å². The van der Waals surface area contributed by atoms with Crippen molar-refractivity contribution in [1.29, 1.82) is 0 Å². The number of piperazine rings is 1. The normalized spacial score (nSPS) is 20.4. The molecule has 4 rings (SSSR count). The van der Waals surface area contributed by atoms with Gasteiger partial charge in [-0.05, 0) is 37.9 Å². The highest BCUT2D eigenvalue weighted by Crippen LogP contribution is 2.32. The lowest BCUT2D eigenvalue weighted by Crippen LogP contribution is -2.54. The van der Waals surface area contributed by atoms with Crippen LogP contribution in [0.4, 0.5) is 10.5 Å². The summed E-state index contributed by atoms with van der Waals surface area (Å²) >= 11 is 0. The van der Waals surface area contributed by atoms with Crippen LogP contribution in [-0.4, -0.2) is 96.3 Å². The predicted octanol–water partition coefficient (Wildman–Crippen LogP) is 1.44. The Labute approximate surface area is 210 Å². The maximum atomic E-state index is 13.2. The molecule has 194 valence electrons. The monoisotopic (exact) mass is 499 g/mol. The molecule has 11 heteroatoms. The molecule has 3 aliphatic rings. The predicted molar refractivity (Wildman–Crippen MR) is 130 cm³/mol. The Morgan fingerprint density at radius 3 is 2.58 bits per heavy atom. The molecule has 0 aromatic heterocycles. The molecule has 3 heterocycles. The zero-order valence-corrected chi connectivity index (χ0v) is 20.6. The van der Waals surface area contributed by atoms with E-state index >= 15 is 0 Å². The van der Waals surface area contributed by atoms with Gasteiger partial charge in [0.15, 0.2) is 0 Å². The van der Waals surface area contributed by atoms with Crippen molar-refractivity contribution in [2.45, 2.75) is 45.1 Å². The van der Waals surface area contributed by atoms with Gasteiger partial charge >= 0.3 is 6.09 Å². The Morgan fingerprint density at radius 2 is 1.86 bits per heavy atom. The number of imide groups is 2. The molecule has 1 aromatic rings. The Bertz CT molecular complexity index is 1040. The van der Waals surface area contributed by atoms with E-state index in [0.717, 1.165) is 43.8 Å². The molecule has 0 radical (unpaired) electrons. The van der Waals surface area contributed by atoms with Crippen LogP contribution in [0.15, 0.2) is 18.2 Å². The van der Waals surface area contributed by atoms with Crippen LogP contribution in [0.2, 0.25) is 0 Å². The van der Waals surface area contributed by atoms with E-state index in [-0.39, 0.29) is 30.1 Å². The number of rotatable bonds is 9. The van der Waals surface area contributed by atoms with Gasteiger partial charge in [-0.1, -0.05) is 19.4 Å². The zero-order chi connectivity index (χ0) is 25.7. The largest absolute Gasteiger partial charge is 0.449 e. The van der Waals surface area contributed by atoms with Crippen molar-refractivity contribution in [2.24, 2.45) is 0 Å². The molecule has 1 atom stereocenters. The molecule has 0 bridgehead atoms. The summed E-state index contributed by atoms with van der Waals surface area (Å²) in [5.41, 5.74) is 1.08. The molecule has 2 saturated heterocycles. The number of carbonyl (C=O) groups excluding carboxylic acids is 5. The lowest BCUT2D eigenvalue weighted by atomic mass is 10.0. The summed E-state index contributed by atoms with van der Waals surface area (Å²) in [5.74, 6) is -2.05. The lowest BCUT2D eigenvalue weighted by Gasteiger charge is -2.34. The molecule has 2 fully saturated rings. The van der Waals surface area contributed by atoms with Gasteiger partial charge in [0.1, 0.15) is 6.04 Å². The number of hydrogen-bond acceptors (Lipinski definition) is 8. The molecular weight excluding hydrogens is 466 g/mol. The number of fused-ring (bicyclic) bond motifs is 1. The van der Waals surface area contributed by atoms with Crippen LogP contribution in [-0.2, 0) is 14.3 Å². The number of anilines is 1. The van der Waals surface area contributed by atoms with E-state index in [2.05, 4.69) is 22.5 Å². The highest BCUT2D eigenvalue weighted by atomic mass is 16.6. The van der Waals surface area contributed by atoms with Crippen LogP contribution in [0.5, 0.6) is 0 Å². The fraction of sp³-hybridized carbons (Fsp3) is 0.560. The van der Waals surface area contributed by atoms with Crippen molar-refractivity contribution in [2.75, 3.05) is 51.2 Å². The van der Waals surface area contributed by atoms with Crippen molar-refractivity contribution in [1.82, 2.24) is 20.0 Å². The fourth-order valence-corrected chi connectivity index (χ4v) is 4.74. The van der Waals surface area contributed by atoms with Crippen molar-refractivity contribution < 1.29 is 28.7 Å². The molecular formula is C25H33N5O6. The first kappa shape index (κ1) is 25.6. The van der Waals surface area contributed by atoms with E-state index in [4.69, 9.17) is 4.74 Å². The number of hydrogen-bond donors (Lipinski definition) is 2. The smallest absolute Gasteiger partial charge is 0.409 e. The Kier molecular flexibility index (Phi) is 8.19. The second-order valence-electron chi connectivity index (χ2n) is 9.25. The number of carbonyl (C=O) groups is 5. The number of ether oxygens (including phenoxy) is 1. The lowest BCUT2D eigenvalue weighted by molar-refractivity contribution is -0.136. The van der Waals surface area contributed by atoms with Crippen LogP contribution in [0.3, 0.4) is 0 Å². The minimum absolute atomic E-state index is 0.0865. The molecule has 36 heavy (non-hydrogen) atoms. The first-order valence-corrected chi connectivity index (χ1v) is 12.6. The average Bonchev–Trinajstić information content (AvgIpc) is 3.13. The van der Waals surface area contributed by atoms with E-state index in [1.165, 1.54) is 0 Å². The molecule has 0 saturated carbocycles. The van der Waals surface area contributed by atoms with E-state index in [0.29, 0.717) is 31.9 Å². The average molecular weight is 500 g/mol. The molecule has 1 unspecified atom stereocenters. The number of piperidine rings is 1. The minimum atomic E-state index is -0.981. The minimum Gasteiger partial charge on any atom is -0.449 e. The highest BCUT2D eigenvalue weighted by molar-refractivity contribution is 6.25. The third kappa shape index (κ3) is 5.51. The molecule has 2 N–H and O–H groups in total. The molecule has 0 spiro atoms. The summed E-state index contributed by atoms with van der Waals surface area (Å²) in [4.78, 5) is 66.9. The number of amides is 5. The quantitative estimate of drug-likeness (QED) is 0.386. The van der Waals surface area contributed by atoms with Crippen molar-refractivity contribution in [3.63, 3.8) is 0 Å². The van der Waals surface area contributed by atoms with Gasteiger partial charge in [0, 0.05) is 44.8 Å². The standard InChI is InChI=1S/C25H33N5O6/c1-2-3-16-36-25(35)29-14-12-28(13-15-29)11-5-10-26-18-7-4-6-17-21(18)24(34)30(23(17)33)19-8-9-20(31)27-22(19)32/h4,6-7,19,26H,2-3,5,8-16H2,1H3,(H,27,31,32). The summed E-state index contributed by atoms with van der Waals surface area (Å²) in [5, 5.41) is 5.48. The molecule has 11 nitrogen and oxygen atoms in total. The summed E-state index contributed by atoms with van der Waals surface area (Å²) in [6, 6.07) is 4.06. The Morgan fingerprint density at radius 1 is 1.08 bits per heavy atom. The maximum absolute atomic E-state index is 13.2. The van der Waals surface area contributed by atoms with E-state index in [1.54, 1.807) is 23.1 Å². The third-order valence-corrected chi connectivity index (χ3v) is 6.79. The van der Waals surface area contributed by atoms with Crippen LogP contribution >= 0.6 is 0 Å². The van der Waals surface area contributed by atoms with Crippen molar-refractivity contribution in [3.8, 4) is 0 Å². The molecule has 5 amide bonds. The SMILES string of the molecule is CCCCOC(=O)N1CCN(CCCNc2cccc3c2C(=O)N(C2CCC(=O)NC2=O)C3=O)CC1. The molecule has 1 aromatic carbocycles. The van der Waals surface area contributed by atoms with Crippen LogP contribution in [0.25, 0.3) is 0 Å². The van der Waals surface area contributed by atoms with Crippen molar-refractivity contribution >= 4 is 35.4 Å². The van der Waals surface area contributed by atoms with Gasteiger partial charge in [0.2, 0.25) is 11.8 Å². The maximum Gasteiger partial charge on any atom is 0.409 e. The van der Waals surface area contributed by atoms with Gasteiger partial charge in [0.05, 0.1) is 17.7 Å². The highest BCUT2D eigenvalue weighted by Gasteiger charge is 2.45. The number of nitrogens with zero attached hydrogens (tertiary/aromatic N) is 3. The zero-order valence-electron chi connectivity index (χ0n) is 20.6. The second kappa shape index (κ2) is 11.5. The van der Waals surface area contributed by atoms with Crippen LogP contribution < -0.4 is 10.6 Å². The Balaban J connectivity index is 1.26. The summed E-state index contributed by atoms with van der Waals surface area (Å²) in [6.45, 7) is 6.76. The number of benzene rings is 1. The summed E-state index contributed by atoms with van der Waals surface area (Å²) in [6.07, 6.45) is 2.64. The topological polar surface area (TPSA) is 128 Å². The van der Waals surface area contributed by atoms with Gasteiger partial charge in [0.25, 0.3) is 11.8 Å². The number of nitrogens with one attached hydrogen (secondary N) is 2. The van der Waals surface area contributed by atoms with Gasteiger partial charge < -0.3 is 15.0 Å². The van der Waals surface area contributed by atoms with Crippen LogP contribution in [0, 0.1) is 0 Å². The molecule has 0 aliphatic carbocycles. The van der Waals surface area contributed by atoms with Gasteiger partial charge in [-0.3, -0.25) is 34.3 Å². The third-order valence-electron chi connectivity index (χ3n) is 6.79. The fourth-order valence-electron chi connectivity index (χ4n) is 4.74. The van der Waals surface area contributed by atoms with Crippen LogP contribution in [0.1, 0.15) is 59.7 Å². The summed E-state index contributed by atoms with van der Waals surface area (Å²) in [7, 11) is 0. The first-order chi connectivity index (χ1) is 17.4. The molecule has 3 aliphatic heterocycles. The van der Waals surface area contributed by atoms with Crippen molar-refractivity contribution in [3.05, 3.63) is 29.3 Å².